The SMILES string of the molecule is COCCCOCCOC(=O)c1cc(N)c(C)cc1C. The molecule has 0 heterocycles. The van der Waals surface area contributed by atoms with Crippen molar-refractivity contribution >= 4 is 11.7 Å². The number of anilines is 1. The lowest BCUT2D eigenvalue weighted by atomic mass is 10.0. The highest BCUT2D eigenvalue weighted by Crippen LogP contribution is 2.18. The number of nitrogen functional groups attached to an aromatic ring is 1. The number of rotatable bonds is 8. The van der Waals surface area contributed by atoms with Gasteiger partial charge < -0.3 is 19.9 Å². The van der Waals surface area contributed by atoms with Crippen molar-refractivity contribution in [2.45, 2.75) is 20.3 Å². The Hall–Kier alpha value is -1.59. The fourth-order valence-corrected chi connectivity index (χ4v) is 1.77. The summed E-state index contributed by atoms with van der Waals surface area (Å²) in [5.41, 5.74) is 8.73. The molecule has 1 rings (SSSR count). The van der Waals surface area contributed by atoms with Gasteiger partial charge in [0, 0.05) is 26.0 Å². The van der Waals surface area contributed by atoms with Crippen molar-refractivity contribution in [1.29, 1.82) is 0 Å². The molecule has 0 radical (unpaired) electrons. The lowest BCUT2D eigenvalue weighted by Gasteiger charge is -2.10. The fraction of sp³-hybridized carbons (Fsp3) is 0.533. The van der Waals surface area contributed by atoms with E-state index in [1.807, 2.05) is 19.9 Å². The van der Waals surface area contributed by atoms with Crippen molar-refractivity contribution in [1.82, 2.24) is 0 Å². The number of hydrogen-bond acceptors (Lipinski definition) is 5. The van der Waals surface area contributed by atoms with E-state index in [0.29, 0.717) is 31.1 Å². The zero-order chi connectivity index (χ0) is 15.0. The van der Waals surface area contributed by atoms with Crippen molar-refractivity contribution in [3.63, 3.8) is 0 Å². The van der Waals surface area contributed by atoms with Gasteiger partial charge in [0.25, 0.3) is 0 Å². The first-order chi connectivity index (χ1) is 9.56. The summed E-state index contributed by atoms with van der Waals surface area (Å²) >= 11 is 0. The predicted octanol–water partition coefficient (Wildman–Crippen LogP) is 2.10. The van der Waals surface area contributed by atoms with Gasteiger partial charge in [-0.2, -0.15) is 0 Å². The second-order valence-corrected chi connectivity index (χ2v) is 4.62. The smallest absolute Gasteiger partial charge is 0.338 e. The molecule has 1 aromatic rings. The minimum Gasteiger partial charge on any atom is -0.460 e. The van der Waals surface area contributed by atoms with Crippen LogP contribution in [0.3, 0.4) is 0 Å². The molecule has 0 aromatic heterocycles. The van der Waals surface area contributed by atoms with Crippen molar-refractivity contribution in [3.05, 3.63) is 28.8 Å². The van der Waals surface area contributed by atoms with E-state index in [2.05, 4.69) is 0 Å². The number of carbonyl (C=O) groups is 1. The van der Waals surface area contributed by atoms with Gasteiger partial charge in [0.2, 0.25) is 0 Å². The Morgan fingerprint density at radius 2 is 1.85 bits per heavy atom. The van der Waals surface area contributed by atoms with Crippen LogP contribution in [0.2, 0.25) is 0 Å². The van der Waals surface area contributed by atoms with Crippen LogP contribution in [0.1, 0.15) is 27.9 Å². The van der Waals surface area contributed by atoms with Crippen LogP contribution in [0.15, 0.2) is 12.1 Å². The Labute approximate surface area is 120 Å². The van der Waals surface area contributed by atoms with E-state index in [-0.39, 0.29) is 12.6 Å². The van der Waals surface area contributed by atoms with E-state index < -0.39 is 0 Å². The van der Waals surface area contributed by atoms with Gasteiger partial charge in [0.1, 0.15) is 6.61 Å². The van der Waals surface area contributed by atoms with Crippen LogP contribution in [-0.2, 0) is 14.2 Å². The van der Waals surface area contributed by atoms with Crippen molar-refractivity contribution in [2.24, 2.45) is 0 Å². The van der Waals surface area contributed by atoms with Gasteiger partial charge in [-0.25, -0.2) is 4.79 Å². The van der Waals surface area contributed by atoms with Gasteiger partial charge in [-0.15, -0.1) is 0 Å². The Bertz CT molecular complexity index is 446. The largest absolute Gasteiger partial charge is 0.460 e. The van der Waals surface area contributed by atoms with Crippen molar-refractivity contribution < 1.29 is 19.0 Å². The highest BCUT2D eigenvalue weighted by Gasteiger charge is 2.12. The first-order valence-corrected chi connectivity index (χ1v) is 6.66. The molecule has 0 aliphatic heterocycles. The van der Waals surface area contributed by atoms with Crippen LogP contribution >= 0.6 is 0 Å². The summed E-state index contributed by atoms with van der Waals surface area (Å²) in [6.07, 6.45) is 0.831. The average molecular weight is 281 g/mol. The maximum atomic E-state index is 11.9. The Morgan fingerprint density at radius 3 is 2.55 bits per heavy atom. The molecule has 0 fully saturated rings. The molecule has 0 saturated carbocycles. The van der Waals surface area contributed by atoms with Gasteiger partial charge in [-0.3, -0.25) is 0 Å². The molecule has 5 heteroatoms. The molecule has 0 saturated heterocycles. The summed E-state index contributed by atoms with van der Waals surface area (Å²) < 4.78 is 15.4. The highest BCUT2D eigenvalue weighted by atomic mass is 16.6. The van der Waals surface area contributed by atoms with E-state index in [0.717, 1.165) is 17.5 Å². The molecular weight excluding hydrogens is 258 g/mol. The van der Waals surface area contributed by atoms with Gasteiger partial charge in [-0.05, 0) is 37.5 Å². The molecule has 0 amide bonds. The average Bonchev–Trinajstić information content (AvgIpc) is 2.41. The van der Waals surface area contributed by atoms with Gasteiger partial charge in [-0.1, -0.05) is 6.07 Å². The van der Waals surface area contributed by atoms with Crippen LogP contribution in [0.4, 0.5) is 5.69 Å². The number of nitrogens with two attached hydrogens (primary N) is 1. The molecule has 0 bridgehead atoms. The van der Waals surface area contributed by atoms with E-state index in [1.54, 1.807) is 13.2 Å². The van der Waals surface area contributed by atoms with Crippen molar-refractivity contribution in [3.8, 4) is 0 Å². The lowest BCUT2D eigenvalue weighted by Crippen LogP contribution is -2.13. The Kier molecular flexibility index (Phi) is 7.04. The maximum absolute atomic E-state index is 11.9. The first-order valence-electron chi connectivity index (χ1n) is 6.66. The number of aryl methyl sites for hydroxylation is 2. The molecular formula is C15H23NO4. The molecule has 0 aliphatic carbocycles. The summed E-state index contributed by atoms with van der Waals surface area (Å²) in [5, 5.41) is 0. The Morgan fingerprint density at radius 1 is 1.10 bits per heavy atom. The summed E-state index contributed by atoms with van der Waals surface area (Å²) in [7, 11) is 1.65. The monoisotopic (exact) mass is 281 g/mol. The molecule has 2 N–H and O–H groups in total. The van der Waals surface area contributed by atoms with Crippen LogP contribution < -0.4 is 5.73 Å². The predicted molar refractivity (Wildman–Crippen MR) is 77.9 cm³/mol. The minimum absolute atomic E-state index is 0.235. The van der Waals surface area contributed by atoms with E-state index in [4.69, 9.17) is 19.9 Å². The third-order valence-corrected chi connectivity index (χ3v) is 2.93. The maximum Gasteiger partial charge on any atom is 0.338 e. The third kappa shape index (κ3) is 5.19. The van der Waals surface area contributed by atoms with E-state index >= 15 is 0 Å². The number of ether oxygens (including phenoxy) is 3. The fourth-order valence-electron chi connectivity index (χ4n) is 1.77. The second kappa shape index (κ2) is 8.55. The van der Waals surface area contributed by atoms with Gasteiger partial charge >= 0.3 is 5.97 Å². The van der Waals surface area contributed by atoms with E-state index in [9.17, 15) is 4.79 Å². The summed E-state index contributed by atoms with van der Waals surface area (Å²) in [4.78, 5) is 11.9. The summed E-state index contributed by atoms with van der Waals surface area (Å²) in [6, 6.07) is 3.54. The van der Waals surface area contributed by atoms with Gasteiger partial charge in [0.05, 0.1) is 12.2 Å². The zero-order valence-corrected chi connectivity index (χ0v) is 12.4. The molecule has 0 spiro atoms. The molecule has 0 aliphatic rings. The van der Waals surface area contributed by atoms with Crippen LogP contribution in [0.25, 0.3) is 0 Å². The molecule has 1 aromatic carbocycles. The highest BCUT2D eigenvalue weighted by molar-refractivity contribution is 5.92. The third-order valence-electron chi connectivity index (χ3n) is 2.93. The molecule has 0 unspecified atom stereocenters. The number of esters is 1. The van der Waals surface area contributed by atoms with Crippen molar-refractivity contribution in [2.75, 3.05) is 39.3 Å². The molecule has 20 heavy (non-hydrogen) atoms. The van der Waals surface area contributed by atoms with E-state index in [1.165, 1.54) is 0 Å². The lowest BCUT2D eigenvalue weighted by molar-refractivity contribution is 0.0287. The first kappa shape index (κ1) is 16.5. The van der Waals surface area contributed by atoms with Gasteiger partial charge in [0.15, 0.2) is 0 Å². The van der Waals surface area contributed by atoms with Crippen LogP contribution in [0.5, 0.6) is 0 Å². The normalized spacial score (nSPS) is 10.6. The molecule has 112 valence electrons. The zero-order valence-electron chi connectivity index (χ0n) is 12.4. The number of hydrogen-bond donors (Lipinski definition) is 1. The number of methoxy groups -OCH3 is 1. The summed E-state index contributed by atoms with van der Waals surface area (Å²) in [6.45, 7) is 5.66. The second-order valence-electron chi connectivity index (χ2n) is 4.62. The topological polar surface area (TPSA) is 70.8 Å². The van der Waals surface area contributed by atoms with Crippen LogP contribution in [0, 0.1) is 13.8 Å². The Balaban J connectivity index is 2.34. The van der Waals surface area contributed by atoms with Crippen LogP contribution in [-0.4, -0.2) is 39.5 Å². The quantitative estimate of drug-likeness (QED) is 0.449. The summed E-state index contributed by atoms with van der Waals surface area (Å²) in [5.74, 6) is -0.366. The molecule has 0 atom stereocenters. The number of carbonyl (C=O) groups excluding carboxylic acids is 1. The number of benzene rings is 1. The molecule has 5 nitrogen and oxygen atoms in total. The standard InChI is InChI=1S/C15H23NO4/c1-11-9-12(2)14(16)10-13(11)15(17)20-8-7-19-6-4-5-18-3/h9-10H,4-8,16H2,1-3H3. The minimum atomic E-state index is -0.366.